The molecule has 134 valence electrons. The highest BCUT2D eigenvalue weighted by molar-refractivity contribution is 5.56. The fourth-order valence-corrected chi connectivity index (χ4v) is 2.30. The lowest BCUT2D eigenvalue weighted by molar-refractivity contribution is -0.137. The fraction of sp³-hybridized carbons (Fsp3) is 0.400. The van der Waals surface area contributed by atoms with E-state index in [1.54, 1.807) is 0 Å². The Bertz CT molecular complexity index is 735. The molecule has 0 bridgehead atoms. The molecular weight excluding hydrogens is 339 g/mol. The van der Waals surface area contributed by atoms with E-state index in [4.69, 9.17) is 9.47 Å². The molecule has 1 fully saturated rings. The van der Waals surface area contributed by atoms with Crippen molar-refractivity contribution in [2.24, 2.45) is 0 Å². The summed E-state index contributed by atoms with van der Waals surface area (Å²) in [4.78, 5) is 14.4. The molecule has 25 heavy (non-hydrogen) atoms. The summed E-state index contributed by atoms with van der Waals surface area (Å²) in [5.74, 6) is 0.484. The molecule has 0 saturated carbocycles. The fourth-order valence-electron chi connectivity index (χ4n) is 2.30. The summed E-state index contributed by atoms with van der Waals surface area (Å²) in [6.45, 7) is 2.31. The number of aromatic nitrogens is 3. The largest absolute Gasteiger partial charge is 0.467 e. The monoisotopic (exact) mass is 355 g/mol. The second-order valence-corrected chi connectivity index (χ2v) is 5.25. The van der Waals surface area contributed by atoms with E-state index in [2.05, 4.69) is 20.3 Å². The molecule has 2 aromatic rings. The van der Waals surface area contributed by atoms with Gasteiger partial charge in [0.2, 0.25) is 11.9 Å². The van der Waals surface area contributed by atoms with Crippen LogP contribution in [0, 0.1) is 0 Å². The molecule has 10 heteroatoms. The third-order valence-electron chi connectivity index (χ3n) is 3.53. The quantitative estimate of drug-likeness (QED) is 0.903. The van der Waals surface area contributed by atoms with Gasteiger partial charge in [0.25, 0.3) is 0 Å². The van der Waals surface area contributed by atoms with Gasteiger partial charge in [-0.05, 0) is 18.2 Å². The van der Waals surface area contributed by atoms with E-state index in [-0.39, 0.29) is 17.6 Å². The minimum Gasteiger partial charge on any atom is -0.467 e. The molecule has 0 unspecified atom stereocenters. The number of anilines is 3. The standard InChI is InChI=1S/C15H16F3N5O2/c1-24-14-21-12(20-13(22-14)23-5-7-25-8-6-23)19-11-4-2-3-10(9-11)15(16,17)18/h2-4,9H,5-8H2,1H3,(H,19,20,21,22). The van der Waals surface area contributed by atoms with Gasteiger partial charge >= 0.3 is 12.2 Å². The highest BCUT2D eigenvalue weighted by Crippen LogP contribution is 2.31. The minimum atomic E-state index is -4.42. The Kier molecular flexibility index (Phi) is 4.88. The van der Waals surface area contributed by atoms with Crippen LogP contribution >= 0.6 is 0 Å². The van der Waals surface area contributed by atoms with Crippen LogP contribution in [0.15, 0.2) is 24.3 Å². The van der Waals surface area contributed by atoms with Crippen molar-refractivity contribution < 1.29 is 22.6 Å². The molecule has 0 spiro atoms. The first-order chi connectivity index (χ1) is 12.0. The molecule has 0 atom stereocenters. The summed E-state index contributed by atoms with van der Waals surface area (Å²) in [5, 5.41) is 2.77. The van der Waals surface area contributed by atoms with Crippen molar-refractivity contribution in [3.05, 3.63) is 29.8 Å². The molecule has 3 rings (SSSR count). The zero-order valence-electron chi connectivity index (χ0n) is 13.4. The van der Waals surface area contributed by atoms with Crippen LogP contribution in [0.4, 0.5) is 30.8 Å². The van der Waals surface area contributed by atoms with Gasteiger partial charge in [-0.3, -0.25) is 0 Å². The van der Waals surface area contributed by atoms with Crippen molar-refractivity contribution in [3.63, 3.8) is 0 Å². The minimum absolute atomic E-state index is 0.0750. The highest BCUT2D eigenvalue weighted by atomic mass is 19.4. The Morgan fingerprint density at radius 2 is 1.92 bits per heavy atom. The van der Waals surface area contributed by atoms with Crippen molar-refractivity contribution in [2.75, 3.05) is 43.6 Å². The number of halogens is 3. The number of morpholine rings is 1. The predicted molar refractivity (Wildman–Crippen MR) is 84.1 cm³/mol. The Morgan fingerprint density at radius 1 is 1.16 bits per heavy atom. The average Bonchev–Trinajstić information content (AvgIpc) is 2.61. The lowest BCUT2D eigenvalue weighted by atomic mass is 10.2. The molecule has 1 saturated heterocycles. The van der Waals surface area contributed by atoms with E-state index in [1.807, 2.05) is 4.90 Å². The number of hydrogen-bond acceptors (Lipinski definition) is 7. The maximum atomic E-state index is 12.8. The van der Waals surface area contributed by atoms with Crippen LogP contribution in [0.2, 0.25) is 0 Å². The first-order valence-corrected chi connectivity index (χ1v) is 7.53. The molecule has 1 aromatic carbocycles. The Labute approximate surface area is 141 Å². The van der Waals surface area contributed by atoms with Crippen LogP contribution in [0.3, 0.4) is 0 Å². The van der Waals surface area contributed by atoms with Gasteiger partial charge in [-0.2, -0.15) is 28.1 Å². The van der Waals surface area contributed by atoms with Gasteiger partial charge in [0.15, 0.2) is 0 Å². The zero-order chi connectivity index (χ0) is 17.9. The third kappa shape index (κ3) is 4.27. The topological polar surface area (TPSA) is 72.4 Å². The van der Waals surface area contributed by atoms with Crippen molar-refractivity contribution in [1.29, 1.82) is 0 Å². The number of nitrogens with one attached hydrogen (secondary N) is 1. The molecule has 1 N–H and O–H groups in total. The molecule has 2 heterocycles. The van der Waals surface area contributed by atoms with Crippen LogP contribution in [0.25, 0.3) is 0 Å². The van der Waals surface area contributed by atoms with Crippen molar-refractivity contribution in [2.45, 2.75) is 6.18 Å². The van der Waals surface area contributed by atoms with Crippen molar-refractivity contribution in [3.8, 4) is 6.01 Å². The van der Waals surface area contributed by atoms with Gasteiger partial charge in [-0.15, -0.1) is 0 Å². The van der Waals surface area contributed by atoms with Crippen LogP contribution < -0.4 is 15.0 Å². The second-order valence-electron chi connectivity index (χ2n) is 5.25. The number of ether oxygens (including phenoxy) is 2. The van der Waals surface area contributed by atoms with Gasteiger partial charge in [-0.1, -0.05) is 6.07 Å². The number of alkyl halides is 3. The summed E-state index contributed by atoms with van der Waals surface area (Å²) in [7, 11) is 1.41. The number of benzene rings is 1. The maximum absolute atomic E-state index is 12.8. The van der Waals surface area contributed by atoms with Gasteiger partial charge in [-0.25, -0.2) is 0 Å². The number of rotatable bonds is 4. The summed E-state index contributed by atoms with van der Waals surface area (Å²) >= 11 is 0. The van der Waals surface area contributed by atoms with E-state index in [0.717, 1.165) is 12.1 Å². The lowest BCUT2D eigenvalue weighted by Gasteiger charge is -2.26. The van der Waals surface area contributed by atoms with Crippen LogP contribution in [0.5, 0.6) is 6.01 Å². The molecule has 0 radical (unpaired) electrons. The SMILES string of the molecule is COc1nc(Nc2cccc(C(F)(F)F)c2)nc(N2CCOCC2)n1. The van der Waals surface area contributed by atoms with Crippen LogP contribution in [-0.4, -0.2) is 48.4 Å². The summed E-state index contributed by atoms with van der Waals surface area (Å²) in [6, 6.07) is 4.88. The number of hydrogen-bond donors (Lipinski definition) is 1. The first kappa shape index (κ1) is 17.2. The molecular formula is C15H16F3N5O2. The van der Waals surface area contributed by atoms with Crippen molar-refractivity contribution in [1.82, 2.24) is 15.0 Å². The van der Waals surface area contributed by atoms with E-state index in [0.29, 0.717) is 32.3 Å². The molecule has 1 aromatic heterocycles. The first-order valence-electron chi connectivity index (χ1n) is 7.53. The smallest absolute Gasteiger partial charge is 0.416 e. The summed E-state index contributed by atoms with van der Waals surface area (Å²) in [5.41, 5.74) is -0.539. The van der Waals surface area contributed by atoms with Gasteiger partial charge in [0.05, 0.1) is 25.9 Å². The molecule has 7 nitrogen and oxygen atoms in total. The van der Waals surface area contributed by atoms with Gasteiger partial charge < -0.3 is 19.7 Å². The summed E-state index contributed by atoms with van der Waals surface area (Å²) < 4.78 is 48.8. The second kappa shape index (κ2) is 7.09. The van der Waals surface area contributed by atoms with Crippen LogP contribution in [-0.2, 0) is 10.9 Å². The molecule has 0 aliphatic carbocycles. The Hall–Kier alpha value is -2.62. The number of methoxy groups -OCH3 is 1. The zero-order valence-corrected chi connectivity index (χ0v) is 13.4. The van der Waals surface area contributed by atoms with Crippen LogP contribution in [0.1, 0.15) is 5.56 Å². The molecule has 1 aliphatic rings. The van der Waals surface area contributed by atoms with E-state index in [1.165, 1.54) is 19.2 Å². The van der Waals surface area contributed by atoms with Gasteiger partial charge in [0, 0.05) is 18.8 Å². The third-order valence-corrected chi connectivity index (χ3v) is 3.53. The Balaban J connectivity index is 1.86. The lowest BCUT2D eigenvalue weighted by Crippen LogP contribution is -2.37. The number of nitrogens with zero attached hydrogens (tertiary/aromatic N) is 4. The van der Waals surface area contributed by atoms with E-state index in [9.17, 15) is 13.2 Å². The van der Waals surface area contributed by atoms with Crippen molar-refractivity contribution >= 4 is 17.6 Å². The highest BCUT2D eigenvalue weighted by Gasteiger charge is 2.30. The maximum Gasteiger partial charge on any atom is 0.416 e. The van der Waals surface area contributed by atoms with E-state index < -0.39 is 11.7 Å². The molecule has 1 aliphatic heterocycles. The van der Waals surface area contributed by atoms with E-state index >= 15 is 0 Å². The average molecular weight is 355 g/mol. The summed E-state index contributed by atoms with van der Waals surface area (Å²) in [6.07, 6.45) is -4.42. The van der Waals surface area contributed by atoms with Gasteiger partial charge in [0.1, 0.15) is 0 Å². The molecule has 0 amide bonds. The Morgan fingerprint density at radius 3 is 2.60 bits per heavy atom. The predicted octanol–water partition coefficient (Wildman–Crippen LogP) is 2.48. The normalized spacial score (nSPS) is 15.1.